The molecule has 3 aromatic rings. The Hall–Kier alpha value is -3.13. The number of benzene rings is 2. The number of imidazole rings is 1. The third-order valence-electron chi connectivity index (χ3n) is 6.04. The third kappa shape index (κ3) is 5.33. The van der Waals surface area contributed by atoms with Gasteiger partial charge in [-0.25, -0.2) is 9.37 Å². The summed E-state index contributed by atoms with van der Waals surface area (Å²) in [6.45, 7) is 10.0. The molecular weight excluding hydrogens is 433 g/mol. The summed E-state index contributed by atoms with van der Waals surface area (Å²) < 4.78 is 21.2. The van der Waals surface area contributed by atoms with E-state index >= 15 is 0 Å². The van der Waals surface area contributed by atoms with Crippen molar-refractivity contribution in [2.45, 2.75) is 39.3 Å². The van der Waals surface area contributed by atoms with Crippen LogP contribution in [0.5, 0.6) is 5.75 Å². The van der Waals surface area contributed by atoms with E-state index < -0.39 is 5.82 Å². The number of halogens is 1. The van der Waals surface area contributed by atoms with Gasteiger partial charge in [0.2, 0.25) is 5.91 Å². The molecule has 34 heavy (non-hydrogen) atoms. The van der Waals surface area contributed by atoms with Crippen LogP contribution in [0.25, 0.3) is 22.4 Å². The van der Waals surface area contributed by atoms with Crippen LogP contribution in [0.15, 0.2) is 36.4 Å². The molecular formula is C26H34FN5O2. The topological polar surface area (TPSA) is 62.6 Å². The molecule has 7 nitrogen and oxygen atoms in total. The summed E-state index contributed by atoms with van der Waals surface area (Å²) in [5, 5.41) is 3.02. The van der Waals surface area contributed by atoms with Crippen LogP contribution in [0.4, 0.5) is 10.1 Å². The number of hydrogen-bond acceptors (Lipinski definition) is 5. The number of carbonyl (C=O) groups excluding carboxylic acids is 1. The number of fused-ring (bicyclic) bond motifs is 1. The molecule has 182 valence electrons. The fourth-order valence-electron chi connectivity index (χ4n) is 4.40. The molecule has 1 fully saturated rings. The normalized spacial score (nSPS) is 15.4. The van der Waals surface area contributed by atoms with E-state index in [0.29, 0.717) is 11.4 Å². The Balaban J connectivity index is 1.77. The molecule has 0 aliphatic carbocycles. The molecule has 2 heterocycles. The number of aromatic nitrogens is 2. The van der Waals surface area contributed by atoms with E-state index in [9.17, 15) is 9.18 Å². The molecule has 2 aromatic carbocycles. The lowest BCUT2D eigenvalue weighted by Gasteiger charge is -2.23. The van der Waals surface area contributed by atoms with Crippen molar-refractivity contribution < 1.29 is 13.9 Å². The van der Waals surface area contributed by atoms with E-state index in [2.05, 4.69) is 34.3 Å². The van der Waals surface area contributed by atoms with Crippen LogP contribution in [-0.4, -0.2) is 66.2 Å². The van der Waals surface area contributed by atoms with E-state index in [1.165, 1.54) is 13.2 Å². The molecule has 0 spiro atoms. The molecule has 0 saturated carbocycles. The first-order valence-electron chi connectivity index (χ1n) is 11.7. The van der Waals surface area contributed by atoms with Gasteiger partial charge in [0.1, 0.15) is 12.4 Å². The van der Waals surface area contributed by atoms with Gasteiger partial charge >= 0.3 is 0 Å². The lowest BCUT2D eigenvalue weighted by molar-refractivity contribution is -0.123. The Morgan fingerprint density at radius 1 is 1.12 bits per heavy atom. The SMILES string of the molecule is COc1cc(-c2nc3cc(N4CCCN(C)CC4)ccc3n2CC(=O)NC(C)(C)C)ccc1F. The van der Waals surface area contributed by atoms with Crippen molar-refractivity contribution in [3.05, 3.63) is 42.2 Å². The molecule has 0 bridgehead atoms. The lowest BCUT2D eigenvalue weighted by atomic mass is 10.1. The fraction of sp³-hybridized carbons (Fsp3) is 0.462. The van der Waals surface area contributed by atoms with Crippen LogP contribution >= 0.6 is 0 Å². The zero-order valence-electron chi connectivity index (χ0n) is 20.7. The maximum Gasteiger partial charge on any atom is 0.240 e. The first-order valence-corrected chi connectivity index (χ1v) is 11.7. The Bertz CT molecular complexity index is 1180. The average Bonchev–Trinajstić information content (AvgIpc) is 2.96. The Morgan fingerprint density at radius 2 is 1.91 bits per heavy atom. The summed E-state index contributed by atoms with van der Waals surface area (Å²) in [6.07, 6.45) is 1.11. The maximum absolute atomic E-state index is 14.1. The summed E-state index contributed by atoms with van der Waals surface area (Å²) in [5.41, 5.74) is 3.13. The second kappa shape index (κ2) is 9.62. The number of ether oxygens (including phenoxy) is 1. The van der Waals surface area contributed by atoms with Gasteiger partial charge in [0.15, 0.2) is 11.6 Å². The molecule has 1 N–H and O–H groups in total. The second-order valence-electron chi connectivity index (χ2n) is 9.99. The summed E-state index contributed by atoms with van der Waals surface area (Å²) in [5.74, 6) is 0.198. The summed E-state index contributed by atoms with van der Waals surface area (Å²) in [7, 11) is 3.59. The van der Waals surface area contributed by atoms with Crippen LogP contribution in [0.1, 0.15) is 27.2 Å². The summed E-state index contributed by atoms with van der Waals surface area (Å²) >= 11 is 0. The minimum atomic E-state index is -0.437. The average molecular weight is 468 g/mol. The molecule has 0 radical (unpaired) electrons. The number of anilines is 1. The third-order valence-corrected chi connectivity index (χ3v) is 6.04. The maximum atomic E-state index is 14.1. The van der Waals surface area contributed by atoms with E-state index in [0.717, 1.165) is 49.3 Å². The number of nitrogens with one attached hydrogen (secondary N) is 1. The van der Waals surface area contributed by atoms with Gasteiger partial charge in [0.25, 0.3) is 0 Å². The first-order chi connectivity index (χ1) is 16.1. The van der Waals surface area contributed by atoms with Crippen molar-refractivity contribution in [3.8, 4) is 17.1 Å². The van der Waals surface area contributed by atoms with Gasteiger partial charge in [-0.05, 0) is 77.2 Å². The molecule has 0 atom stereocenters. The number of hydrogen-bond donors (Lipinski definition) is 1. The van der Waals surface area contributed by atoms with Gasteiger partial charge in [-0.3, -0.25) is 4.79 Å². The zero-order valence-corrected chi connectivity index (χ0v) is 20.7. The van der Waals surface area contributed by atoms with Crippen LogP contribution in [0, 0.1) is 5.82 Å². The Labute approximate surface area is 200 Å². The first kappa shape index (κ1) is 24.0. The highest BCUT2D eigenvalue weighted by molar-refractivity contribution is 5.87. The van der Waals surface area contributed by atoms with Crippen LogP contribution in [0.2, 0.25) is 0 Å². The highest BCUT2D eigenvalue weighted by Crippen LogP contribution is 2.31. The zero-order chi connectivity index (χ0) is 24.5. The van der Waals surface area contributed by atoms with E-state index in [1.807, 2.05) is 31.4 Å². The van der Waals surface area contributed by atoms with Gasteiger partial charge in [0, 0.05) is 36.4 Å². The standard InChI is InChI=1S/C26H34FN5O2/c1-26(2,3)29-24(33)17-32-22-10-8-19(31-12-6-11-30(4)13-14-31)16-21(22)28-25(32)18-7-9-20(27)23(15-18)34-5/h7-10,15-16H,6,11-14,17H2,1-5H3,(H,29,33). The van der Waals surface area contributed by atoms with Crippen molar-refractivity contribution in [2.75, 3.05) is 45.2 Å². The summed E-state index contributed by atoms with van der Waals surface area (Å²) in [6, 6.07) is 10.9. The minimum Gasteiger partial charge on any atom is -0.494 e. The van der Waals surface area contributed by atoms with Crippen molar-refractivity contribution >= 4 is 22.6 Å². The Kier molecular flexibility index (Phi) is 6.79. The summed E-state index contributed by atoms with van der Waals surface area (Å²) in [4.78, 5) is 22.5. The molecule has 1 aromatic heterocycles. The highest BCUT2D eigenvalue weighted by atomic mass is 19.1. The quantitative estimate of drug-likeness (QED) is 0.617. The number of carbonyl (C=O) groups is 1. The van der Waals surface area contributed by atoms with Crippen molar-refractivity contribution in [3.63, 3.8) is 0 Å². The van der Waals surface area contributed by atoms with Crippen molar-refractivity contribution in [2.24, 2.45) is 0 Å². The lowest BCUT2D eigenvalue weighted by Crippen LogP contribution is -2.42. The molecule has 8 heteroatoms. The van der Waals surface area contributed by atoms with Crippen LogP contribution < -0.4 is 15.0 Å². The monoisotopic (exact) mass is 467 g/mol. The number of likely N-dealkylation sites (N-methyl/N-ethyl adjacent to an activating group) is 1. The van der Waals surface area contributed by atoms with Crippen molar-refractivity contribution in [1.82, 2.24) is 19.8 Å². The molecule has 4 rings (SSSR count). The van der Waals surface area contributed by atoms with Gasteiger partial charge in [-0.15, -0.1) is 0 Å². The second-order valence-corrected chi connectivity index (χ2v) is 9.99. The van der Waals surface area contributed by atoms with E-state index in [4.69, 9.17) is 9.72 Å². The Morgan fingerprint density at radius 3 is 2.65 bits per heavy atom. The van der Waals surface area contributed by atoms with Crippen LogP contribution in [0.3, 0.4) is 0 Å². The van der Waals surface area contributed by atoms with E-state index in [-0.39, 0.29) is 23.7 Å². The highest BCUT2D eigenvalue weighted by Gasteiger charge is 2.21. The predicted octanol–water partition coefficient (Wildman–Crippen LogP) is 3.91. The molecule has 1 amide bonds. The number of nitrogens with zero attached hydrogens (tertiary/aromatic N) is 4. The van der Waals surface area contributed by atoms with Crippen molar-refractivity contribution in [1.29, 1.82) is 0 Å². The number of rotatable bonds is 5. The molecule has 1 aliphatic heterocycles. The number of amides is 1. The molecule has 0 unspecified atom stereocenters. The molecule has 1 aliphatic rings. The largest absolute Gasteiger partial charge is 0.494 e. The predicted molar refractivity (Wildman–Crippen MR) is 134 cm³/mol. The van der Waals surface area contributed by atoms with Crippen LogP contribution in [-0.2, 0) is 11.3 Å². The molecule has 1 saturated heterocycles. The van der Waals surface area contributed by atoms with Gasteiger partial charge in [-0.2, -0.15) is 0 Å². The van der Waals surface area contributed by atoms with Gasteiger partial charge in [0.05, 0.1) is 18.1 Å². The number of methoxy groups -OCH3 is 1. The minimum absolute atomic E-state index is 0.108. The van der Waals surface area contributed by atoms with Gasteiger partial charge in [-0.1, -0.05) is 0 Å². The smallest absolute Gasteiger partial charge is 0.240 e. The fourth-order valence-corrected chi connectivity index (χ4v) is 4.40. The van der Waals surface area contributed by atoms with E-state index in [1.54, 1.807) is 12.1 Å². The van der Waals surface area contributed by atoms with Gasteiger partial charge < -0.3 is 24.4 Å².